The van der Waals surface area contributed by atoms with Gasteiger partial charge in [-0.1, -0.05) is 36.4 Å². The maximum Gasteiger partial charge on any atom is 0.171 e. The number of rotatable bonds is 4. The van der Waals surface area contributed by atoms with Gasteiger partial charge >= 0.3 is 0 Å². The van der Waals surface area contributed by atoms with Crippen molar-refractivity contribution in [1.82, 2.24) is 10.2 Å². The molecule has 120 valence electrons. The highest BCUT2D eigenvalue weighted by atomic mass is 32.1. The molecule has 0 aromatic heterocycles. The highest BCUT2D eigenvalue weighted by molar-refractivity contribution is 7.80. The van der Waals surface area contributed by atoms with Crippen LogP contribution in [0.5, 0.6) is 0 Å². The zero-order valence-electron chi connectivity index (χ0n) is 12.8. The Bertz CT molecular complexity index is 662. The molecule has 2 N–H and O–H groups in total. The second kappa shape index (κ2) is 7.53. The SMILES string of the molecule is Fc1cccc(NC(=S)NC2CCN(Cc3ccccc3)C2)c1. The van der Waals surface area contributed by atoms with Gasteiger partial charge in [-0.15, -0.1) is 0 Å². The second-order valence-corrected chi connectivity index (χ2v) is 6.22. The van der Waals surface area contributed by atoms with E-state index < -0.39 is 0 Å². The monoisotopic (exact) mass is 329 g/mol. The van der Waals surface area contributed by atoms with E-state index in [4.69, 9.17) is 12.2 Å². The Labute approximate surface area is 141 Å². The third kappa shape index (κ3) is 4.74. The van der Waals surface area contributed by atoms with Gasteiger partial charge in [0.15, 0.2) is 5.11 Å². The first-order valence-electron chi connectivity index (χ1n) is 7.78. The van der Waals surface area contributed by atoms with Gasteiger partial charge in [-0.2, -0.15) is 0 Å². The zero-order chi connectivity index (χ0) is 16.1. The molecule has 3 rings (SSSR count). The first kappa shape index (κ1) is 15.9. The van der Waals surface area contributed by atoms with E-state index in [9.17, 15) is 4.39 Å². The number of hydrogen-bond donors (Lipinski definition) is 2. The van der Waals surface area contributed by atoms with Crippen LogP contribution in [0, 0.1) is 5.82 Å². The number of anilines is 1. The Hall–Kier alpha value is -1.98. The Balaban J connectivity index is 1.47. The van der Waals surface area contributed by atoms with E-state index in [1.807, 2.05) is 6.07 Å². The molecule has 0 aliphatic carbocycles. The fourth-order valence-electron chi connectivity index (χ4n) is 2.85. The van der Waals surface area contributed by atoms with Gasteiger partial charge in [-0.3, -0.25) is 4.90 Å². The maximum absolute atomic E-state index is 13.2. The lowest BCUT2D eigenvalue weighted by Crippen LogP contribution is -2.39. The molecule has 23 heavy (non-hydrogen) atoms. The van der Waals surface area contributed by atoms with Gasteiger partial charge in [0.2, 0.25) is 0 Å². The van der Waals surface area contributed by atoms with Gasteiger partial charge in [0, 0.05) is 31.4 Å². The van der Waals surface area contributed by atoms with Crippen LogP contribution in [-0.4, -0.2) is 29.1 Å². The minimum absolute atomic E-state index is 0.271. The molecule has 2 aromatic rings. The van der Waals surface area contributed by atoms with Crippen molar-refractivity contribution in [2.24, 2.45) is 0 Å². The van der Waals surface area contributed by atoms with Gasteiger partial charge in [0.1, 0.15) is 5.82 Å². The zero-order valence-corrected chi connectivity index (χ0v) is 13.7. The lowest BCUT2D eigenvalue weighted by Gasteiger charge is -2.18. The minimum atomic E-state index is -0.271. The molecule has 1 aliphatic rings. The van der Waals surface area contributed by atoms with E-state index in [0.29, 0.717) is 16.8 Å². The van der Waals surface area contributed by atoms with Crippen LogP contribution in [-0.2, 0) is 6.54 Å². The Morgan fingerprint density at radius 3 is 2.78 bits per heavy atom. The third-order valence-electron chi connectivity index (χ3n) is 3.94. The van der Waals surface area contributed by atoms with Crippen LogP contribution >= 0.6 is 12.2 Å². The first-order chi connectivity index (χ1) is 11.2. The lowest BCUT2D eigenvalue weighted by molar-refractivity contribution is 0.324. The average molecular weight is 329 g/mol. The van der Waals surface area contributed by atoms with Crippen molar-refractivity contribution in [1.29, 1.82) is 0 Å². The number of nitrogens with zero attached hydrogens (tertiary/aromatic N) is 1. The normalized spacial score (nSPS) is 17.9. The van der Waals surface area contributed by atoms with Crippen LogP contribution in [0.1, 0.15) is 12.0 Å². The van der Waals surface area contributed by atoms with E-state index in [2.05, 4.69) is 39.8 Å². The molecule has 1 atom stereocenters. The van der Waals surface area contributed by atoms with Crippen molar-refractivity contribution in [2.75, 3.05) is 18.4 Å². The predicted octanol–water partition coefficient (Wildman–Crippen LogP) is 3.39. The number of hydrogen-bond acceptors (Lipinski definition) is 2. The van der Waals surface area contributed by atoms with Crippen molar-refractivity contribution in [3.8, 4) is 0 Å². The summed E-state index contributed by atoms with van der Waals surface area (Å²) in [5.41, 5.74) is 2.00. The Morgan fingerprint density at radius 2 is 2.00 bits per heavy atom. The van der Waals surface area contributed by atoms with Crippen molar-refractivity contribution >= 4 is 23.0 Å². The van der Waals surface area contributed by atoms with E-state index in [1.165, 1.54) is 17.7 Å². The summed E-state index contributed by atoms with van der Waals surface area (Å²) in [6.45, 7) is 2.97. The highest BCUT2D eigenvalue weighted by Crippen LogP contribution is 2.14. The molecule has 1 unspecified atom stereocenters. The molecule has 1 aliphatic heterocycles. The summed E-state index contributed by atoms with van der Waals surface area (Å²) >= 11 is 5.32. The summed E-state index contributed by atoms with van der Waals surface area (Å²) in [5.74, 6) is -0.271. The second-order valence-electron chi connectivity index (χ2n) is 5.82. The lowest BCUT2D eigenvalue weighted by atomic mass is 10.2. The van der Waals surface area contributed by atoms with E-state index in [0.717, 1.165) is 26.1 Å². The van der Waals surface area contributed by atoms with Gasteiger partial charge in [0.05, 0.1) is 0 Å². The van der Waals surface area contributed by atoms with E-state index in [-0.39, 0.29) is 5.82 Å². The largest absolute Gasteiger partial charge is 0.358 e. The van der Waals surface area contributed by atoms with Crippen LogP contribution in [0.4, 0.5) is 10.1 Å². The van der Waals surface area contributed by atoms with Crippen LogP contribution in [0.15, 0.2) is 54.6 Å². The molecule has 0 bridgehead atoms. The minimum Gasteiger partial charge on any atom is -0.358 e. The highest BCUT2D eigenvalue weighted by Gasteiger charge is 2.22. The van der Waals surface area contributed by atoms with Gasteiger partial charge < -0.3 is 10.6 Å². The number of benzene rings is 2. The fraction of sp³-hybridized carbons (Fsp3) is 0.278. The van der Waals surface area contributed by atoms with Gasteiger partial charge in [0.25, 0.3) is 0 Å². The average Bonchev–Trinajstić information content (AvgIpc) is 2.95. The molecule has 0 saturated carbocycles. The maximum atomic E-state index is 13.2. The molecule has 0 amide bonds. The third-order valence-corrected chi connectivity index (χ3v) is 4.16. The van der Waals surface area contributed by atoms with E-state index >= 15 is 0 Å². The topological polar surface area (TPSA) is 27.3 Å². The predicted molar refractivity (Wildman–Crippen MR) is 95.9 cm³/mol. The molecule has 5 heteroatoms. The summed E-state index contributed by atoms with van der Waals surface area (Å²) in [4.78, 5) is 2.41. The number of nitrogens with one attached hydrogen (secondary N) is 2. The molecular formula is C18H20FN3S. The molecular weight excluding hydrogens is 309 g/mol. The molecule has 0 radical (unpaired) electrons. The molecule has 1 heterocycles. The summed E-state index contributed by atoms with van der Waals surface area (Å²) < 4.78 is 13.2. The first-order valence-corrected chi connectivity index (χ1v) is 8.19. The van der Waals surface area contributed by atoms with Gasteiger partial charge in [-0.05, 0) is 42.4 Å². The molecule has 2 aromatic carbocycles. The number of likely N-dealkylation sites (tertiary alicyclic amines) is 1. The Morgan fingerprint density at radius 1 is 1.17 bits per heavy atom. The van der Waals surface area contributed by atoms with Crippen LogP contribution in [0.2, 0.25) is 0 Å². The summed E-state index contributed by atoms with van der Waals surface area (Å²) in [7, 11) is 0. The smallest absolute Gasteiger partial charge is 0.171 e. The number of halogens is 1. The van der Waals surface area contributed by atoms with Crippen LogP contribution < -0.4 is 10.6 Å². The van der Waals surface area contributed by atoms with Gasteiger partial charge in [-0.25, -0.2) is 4.39 Å². The van der Waals surface area contributed by atoms with Crippen molar-refractivity contribution < 1.29 is 4.39 Å². The van der Waals surface area contributed by atoms with Crippen molar-refractivity contribution in [2.45, 2.75) is 19.0 Å². The molecule has 1 fully saturated rings. The summed E-state index contributed by atoms with van der Waals surface area (Å²) in [6, 6.07) is 17.1. The van der Waals surface area contributed by atoms with Crippen LogP contribution in [0.25, 0.3) is 0 Å². The standard InChI is InChI=1S/C18H20FN3S/c19-15-7-4-8-16(11-15)20-18(23)21-17-9-10-22(13-17)12-14-5-2-1-3-6-14/h1-8,11,17H,9-10,12-13H2,(H2,20,21,23). The molecule has 3 nitrogen and oxygen atoms in total. The number of thiocarbonyl (C=S) groups is 1. The summed E-state index contributed by atoms with van der Waals surface area (Å²) in [6.07, 6.45) is 1.05. The Kier molecular flexibility index (Phi) is 5.20. The summed E-state index contributed by atoms with van der Waals surface area (Å²) in [5, 5.41) is 6.90. The quantitative estimate of drug-likeness (QED) is 0.841. The molecule has 0 spiro atoms. The van der Waals surface area contributed by atoms with Crippen LogP contribution in [0.3, 0.4) is 0 Å². The van der Waals surface area contributed by atoms with E-state index in [1.54, 1.807) is 12.1 Å². The van der Waals surface area contributed by atoms with Crippen molar-refractivity contribution in [3.05, 3.63) is 66.0 Å². The van der Waals surface area contributed by atoms with Crippen molar-refractivity contribution in [3.63, 3.8) is 0 Å². The fourth-order valence-corrected chi connectivity index (χ4v) is 3.14. The molecule has 1 saturated heterocycles.